The average molecular weight is 453 g/mol. The minimum absolute atomic E-state index is 0.00870. The Hall–Kier alpha value is -2.43. The summed E-state index contributed by atoms with van der Waals surface area (Å²) in [6, 6.07) is 11.8. The van der Waals surface area contributed by atoms with E-state index < -0.39 is 15.9 Å². The number of pyridine rings is 1. The van der Waals surface area contributed by atoms with E-state index in [1.54, 1.807) is 47.4 Å². The number of sulfonamides is 1. The highest BCUT2D eigenvalue weighted by molar-refractivity contribution is 7.92. The third-order valence-electron chi connectivity index (χ3n) is 5.14. The molecule has 0 saturated carbocycles. The molecule has 0 amide bonds. The molecule has 0 radical (unpaired) electrons. The van der Waals surface area contributed by atoms with Crippen molar-refractivity contribution in [1.82, 2.24) is 9.88 Å². The number of hydrogen-bond donors (Lipinski definition) is 1. The van der Waals surface area contributed by atoms with Gasteiger partial charge in [0.05, 0.1) is 36.8 Å². The van der Waals surface area contributed by atoms with Crippen LogP contribution >= 0.6 is 0 Å². The fourth-order valence-corrected chi connectivity index (χ4v) is 4.96. The number of alkyl halides is 2. The van der Waals surface area contributed by atoms with Crippen LogP contribution in [0, 0.1) is 0 Å². The number of aromatic nitrogens is 1. The Labute approximate surface area is 180 Å². The van der Waals surface area contributed by atoms with Gasteiger partial charge in [-0.25, -0.2) is 17.2 Å². The predicted octanol–water partition coefficient (Wildman–Crippen LogP) is 2.29. The molecule has 1 aromatic carbocycles. The topological polar surface area (TPSA) is 96.6 Å². The van der Waals surface area contributed by atoms with E-state index in [1.807, 2.05) is 0 Å². The Morgan fingerprint density at radius 1 is 1.19 bits per heavy atom. The SMILES string of the molecule is NCC(=O)c1ccc(CN(c2ccccc2)S(=O)(=O)CCCN2CCC(F)(F)C2)nc1. The van der Waals surface area contributed by atoms with Crippen LogP contribution in [0.3, 0.4) is 0 Å². The molecule has 1 saturated heterocycles. The summed E-state index contributed by atoms with van der Waals surface area (Å²) < 4.78 is 54.2. The summed E-state index contributed by atoms with van der Waals surface area (Å²) in [5.41, 5.74) is 6.67. The molecule has 2 N–H and O–H groups in total. The number of rotatable bonds is 10. The maximum atomic E-state index is 13.3. The average Bonchev–Trinajstić information content (AvgIpc) is 3.10. The minimum atomic E-state index is -3.73. The van der Waals surface area contributed by atoms with Crippen molar-refractivity contribution < 1.29 is 22.0 Å². The van der Waals surface area contributed by atoms with Gasteiger partial charge in [0.2, 0.25) is 10.0 Å². The highest BCUT2D eigenvalue weighted by atomic mass is 32.2. The van der Waals surface area contributed by atoms with E-state index in [4.69, 9.17) is 5.73 Å². The first-order valence-corrected chi connectivity index (χ1v) is 11.6. The number of nitrogens with two attached hydrogens (primary N) is 1. The second-order valence-corrected chi connectivity index (χ2v) is 9.57. The molecule has 0 atom stereocenters. The summed E-state index contributed by atoms with van der Waals surface area (Å²) in [4.78, 5) is 17.5. The quantitative estimate of drug-likeness (QED) is 0.556. The zero-order valence-electron chi connectivity index (χ0n) is 17.1. The number of carbonyl (C=O) groups excluding carboxylic acids is 1. The first-order chi connectivity index (χ1) is 14.7. The number of benzene rings is 1. The van der Waals surface area contributed by atoms with Crippen molar-refractivity contribution >= 4 is 21.5 Å². The van der Waals surface area contributed by atoms with Gasteiger partial charge in [0.25, 0.3) is 5.92 Å². The summed E-state index contributed by atoms with van der Waals surface area (Å²) in [6.07, 6.45) is 1.44. The maximum absolute atomic E-state index is 13.3. The molecule has 0 unspecified atom stereocenters. The number of para-hydroxylation sites is 1. The summed E-state index contributed by atoms with van der Waals surface area (Å²) >= 11 is 0. The lowest BCUT2D eigenvalue weighted by Gasteiger charge is -2.25. The predicted molar refractivity (Wildman–Crippen MR) is 115 cm³/mol. The Balaban J connectivity index is 1.71. The Morgan fingerprint density at radius 3 is 2.52 bits per heavy atom. The first kappa shape index (κ1) is 23.2. The number of likely N-dealkylation sites (tertiary alicyclic amines) is 1. The van der Waals surface area contributed by atoms with E-state index in [1.165, 1.54) is 10.5 Å². The number of nitrogens with zero attached hydrogens (tertiary/aromatic N) is 3. The van der Waals surface area contributed by atoms with Crippen LogP contribution in [0.4, 0.5) is 14.5 Å². The van der Waals surface area contributed by atoms with Gasteiger partial charge in [0, 0.05) is 24.7 Å². The molecule has 1 aromatic heterocycles. The number of hydrogen-bond acceptors (Lipinski definition) is 6. The highest BCUT2D eigenvalue weighted by Crippen LogP contribution is 2.27. The molecule has 0 spiro atoms. The zero-order valence-corrected chi connectivity index (χ0v) is 17.9. The molecule has 31 heavy (non-hydrogen) atoms. The van der Waals surface area contributed by atoms with Crippen molar-refractivity contribution in [2.45, 2.75) is 25.3 Å². The summed E-state index contributed by atoms with van der Waals surface area (Å²) in [7, 11) is -3.73. The standard InChI is InChI=1S/C21H26F2N4O3S/c22-21(23)9-11-26(16-21)10-4-12-31(29,30)27(19-5-2-1-3-6-19)15-18-8-7-17(14-25-18)20(28)13-24/h1-3,5-8,14H,4,9-13,15-16,24H2. The van der Waals surface area contributed by atoms with Crippen LogP contribution in [0.2, 0.25) is 0 Å². The Morgan fingerprint density at radius 2 is 1.94 bits per heavy atom. The van der Waals surface area contributed by atoms with Gasteiger partial charge in [-0.1, -0.05) is 18.2 Å². The summed E-state index contributed by atoms with van der Waals surface area (Å²) in [5.74, 6) is -3.12. The van der Waals surface area contributed by atoms with Crippen LogP contribution < -0.4 is 10.0 Å². The summed E-state index contributed by atoms with van der Waals surface area (Å²) in [6.45, 7) is 0.103. The van der Waals surface area contributed by atoms with Crippen molar-refractivity contribution in [1.29, 1.82) is 0 Å². The highest BCUT2D eigenvalue weighted by Gasteiger charge is 2.37. The zero-order chi connectivity index (χ0) is 22.5. The molecular weight excluding hydrogens is 426 g/mol. The van der Waals surface area contributed by atoms with E-state index in [0.717, 1.165) is 0 Å². The maximum Gasteiger partial charge on any atom is 0.261 e. The monoisotopic (exact) mass is 452 g/mol. The van der Waals surface area contributed by atoms with Crippen molar-refractivity contribution in [2.75, 3.05) is 36.2 Å². The third-order valence-corrected chi connectivity index (χ3v) is 6.96. The Bertz CT molecular complexity index is 985. The molecule has 2 aromatic rings. The van der Waals surface area contributed by atoms with Crippen LogP contribution in [0.1, 0.15) is 28.9 Å². The van der Waals surface area contributed by atoms with Crippen LogP contribution in [-0.2, 0) is 16.6 Å². The van der Waals surface area contributed by atoms with Crippen LogP contribution in [-0.4, -0.2) is 61.9 Å². The first-order valence-electron chi connectivity index (χ1n) is 10.0. The van der Waals surface area contributed by atoms with Crippen molar-refractivity contribution in [3.05, 3.63) is 59.9 Å². The number of Topliss-reactive ketones (excluding diaryl/α,β-unsaturated/α-hetero) is 1. The van der Waals surface area contributed by atoms with Gasteiger partial charge in [-0.3, -0.25) is 19.0 Å². The van der Waals surface area contributed by atoms with Crippen LogP contribution in [0.25, 0.3) is 0 Å². The molecule has 10 heteroatoms. The van der Waals surface area contributed by atoms with Gasteiger partial charge in [0.15, 0.2) is 5.78 Å². The lowest BCUT2D eigenvalue weighted by Crippen LogP contribution is -2.34. The van der Waals surface area contributed by atoms with Crippen LogP contribution in [0.15, 0.2) is 48.7 Å². The molecular formula is C21H26F2N4O3S. The molecule has 2 heterocycles. The molecule has 168 valence electrons. The summed E-state index contributed by atoms with van der Waals surface area (Å²) in [5, 5.41) is 0. The Kier molecular flexibility index (Phi) is 7.34. The largest absolute Gasteiger partial charge is 0.324 e. The van der Waals surface area contributed by atoms with E-state index in [2.05, 4.69) is 4.98 Å². The molecule has 7 nitrogen and oxygen atoms in total. The number of anilines is 1. The molecule has 0 bridgehead atoms. The van der Waals surface area contributed by atoms with E-state index >= 15 is 0 Å². The lowest BCUT2D eigenvalue weighted by atomic mass is 10.2. The normalized spacial score (nSPS) is 16.4. The van der Waals surface area contributed by atoms with E-state index in [0.29, 0.717) is 23.5 Å². The fourth-order valence-electron chi connectivity index (χ4n) is 3.47. The second-order valence-electron chi connectivity index (χ2n) is 7.56. The second kappa shape index (κ2) is 9.80. The van der Waals surface area contributed by atoms with E-state index in [-0.39, 0.29) is 50.6 Å². The number of halogens is 2. The van der Waals surface area contributed by atoms with Gasteiger partial charge in [-0.05, 0) is 37.2 Å². The van der Waals surface area contributed by atoms with E-state index in [9.17, 15) is 22.0 Å². The fraction of sp³-hybridized carbons (Fsp3) is 0.429. The lowest BCUT2D eigenvalue weighted by molar-refractivity contribution is 0.0123. The van der Waals surface area contributed by atoms with Gasteiger partial charge < -0.3 is 5.73 Å². The third kappa shape index (κ3) is 6.28. The number of ketones is 1. The van der Waals surface area contributed by atoms with Crippen molar-refractivity contribution in [3.8, 4) is 0 Å². The van der Waals surface area contributed by atoms with Crippen LogP contribution in [0.5, 0.6) is 0 Å². The molecule has 1 aliphatic heterocycles. The van der Waals surface area contributed by atoms with Gasteiger partial charge in [-0.2, -0.15) is 0 Å². The minimum Gasteiger partial charge on any atom is -0.324 e. The van der Waals surface area contributed by atoms with Crippen molar-refractivity contribution in [3.63, 3.8) is 0 Å². The number of carbonyl (C=O) groups is 1. The smallest absolute Gasteiger partial charge is 0.261 e. The van der Waals surface area contributed by atoms with Crippen molar-refractivity contribution in [2.24, 2.45) is 5.73 Å². The van der Waals surface area contributed by atoms with Gasteiger partial charge in [-0.15, -0.1) is 0 Å². The molecule has 0 aliphatic carbocycles. The molecule has 1 aliphatic rings. The molecule has 3 rings (SSSR count). The molecule has 1 fully saturated rings. The van der Waals surface area contributed by atoms with Gasteiger partial charge >= 0.3 is 0 Å². The van der Waals surface area contributed by atoms with Gasteiger partial charge in [0.1, 0.15) is 0 Å².